The summed E-state index contributed by atoms with van der Waals surface area (Å²) in [4.78, 5) is 27.8. The zero-order valence-electron chi connectivity index (χ0n) is 14.1. The molecule has 0 atom stereocenters. The van der Waals surface area contributed by atoms with Gasteiger partial charge in [0.2, 0.25) is 0 Å². The number of hydrogen-bond acceptors (Lipinski definition) is 6. The number of hydrogen-bond donors (Lipinski definition) is 6. The largest absolute Gasteiger partial charge is 0.478 e. The third-order valence-corrected chi connectivity index (χ3v) is 1.11. The molecular formula is C15H28O10. The summed E-state index contributed by atoms with van der Waals surface area (Å²) in [5.41, 5.74) is 0. The first kappa shape index (κ1) is 38.0. The van der Waals surface area contributed by atoms with Crippen LogP contribution in [0.5, 0.6) is 0 Å². The minimum atomic E-state index is -2.45. The van der Waals surface area contributed by atoms with Gasteiger partial charge in [-0.3, -0.25) is 0 Å². The molecule has 0 aromatic heterocycles. The lowest BCUT2D eigenvalue weighted by atomic mass is 10.3. The monoisotopic (exact) mass is 368 g/mol. The van der Waals surface area contributed by atoms with E-state index in [4.69, 9.17) is 30.6 Å². The first-order valence-electron chi connectivity index (χ1n) is 6.11. The molecule has 0 saturated carbocycles. The van der Waals surface area contributed by atoms with Crippen molar-refractivity contribution in [1.29, 1.82) is 0 Å². The Balaban J connectivity index is -0.0000000464. The lowest BCUT2D eigenvalue weighted by Gasteiger charge is -2.10. The molecule has 0 aliphatic heterocycles. The average molecular weight is 368 g/mol. The summed E-state index contributed by atoms with van der Waals surface area (Å²) in [6, 6.07) is 0. The third-order valence-electron chi connectivity index (χ3n) is 1.11. The van der Waals surface area contributed by atoms with E-state index in [2.05, 4.69) is 32.9 Å². The van der Waals surface area contributed by atoms with Gasteiger partial charge in [0, 0.05) is 24.6 Å². The Morgan fingerprint density at radius 3 is 0.960 bits per heavy atom. The lowest BCUT2D eigenvalue weighted by molar-refractivity contribution is -0.314. The van der Waals surface area contributed by atoms with E-state index in [1.165, 1.54) is 0 Å². The van der Waals surface area contributed by atoms with Crippen molar-refractivity contribution in [3.05, 3.63) is 51.1 Å². The molecule has 0 saturated heterocycles. The summed E-state index contributed by atoms with van der Waals surface area (Å²) in [7, 11) is 0. The summed E-state index contributed by atoms with van der Waals surface area (Å²) in [5, 5.41) is 47.2. The minimum Gasteiger partial charge on any atom is -0.478 e. The number of carboxylic acids is 3. The van der Waals surface area contributed by atoms with Crippen LogP contribution < -0.4 is 0 Å². The third kappa shape index (κ3) is 151. The predicted molar refractivity (Wildman–Crippen MR) is 92.7 cm³/mol. The molecule has 0 aliphatic rings. The summed E-state index contributed by atoms with van der Waals surface area (Å²) < 4.78 is 0. The molecule has 0 aliphatic carbocycles. The van der Waals surface area contributed by atoms with E-state index in [-0.39, 0.29) is 11.9 Å². The van der Waals surface area contributed by atoms with Crippen LogP contribution in [0.1, 0.15) is 19.8 Å². The second-order valence-electron chi connectivity index (χ2n) is 3.15. The smallest absolute Gasteiger partial charge is 0.327 e. The van der Waals surface area contributed by atoms with Crippen molar-refractivity contribution >= 4 is 17.9 Å². The van der Waals surface area contributed by atoms with Gasteiger partial charge in [-0.05, 0) is 6.42 Å². The molecule has 8 N–H and O–H groups in total. The highest BCUT2D eigenvalue weighted by Gasteiger charge is 2.14. The predicted octanol–water partition coefficient (Wildman–Crippen LogP) is 0.166. The van der Waals surface area contributed by atoms with Crippen molar-refractivity contribution in [2.75, 3.05) is 0 Å². The second kappa shape index (κ2) is 29.2. The summed E-state index contributed by atoms with van der Waals surface area (Å²) in [6.07, 6.45) is 3.07. The molecule has 25 heavy (non-hydrogen) atoms. The van der Waals surface area contributed by atoms with E-state index in [1.807, 2.05) is 0 Å². The average Bonchev–Trinajstić information content (AvgIpc) is 2.49. The van der Waals surface area contributed by atoms with Gasteiger partial charge in [-0.25, -0.2) is 14.4 Å². The van der Waals surface area contributed by atoms with Gasteiger partial charge < -0.3 is 36.1 Å². The molecule has 0 amide bonds. The van der Waals surface area contributed by atoms with E-state index < -0.39 is 23.9 Å². The number of rotatable bonds is 5. The van der Waals surface area contributed by atoms with Gasteiger partial charge in [0.15, 0.2) is 0 Å². The van der Waals surface area contributed by atoms with E-state index in [9.17, 15) is 14.4 Å². The zero-order chi connectivity index (χ0) is 20.8. The fourth-order valence-corrected chi connectivity index (χ4v) is 0.335. The molecule has 0 aromatic carbocycles. The molecule has 0 fully saturated rings. The Morgan fingerprint density at radius 2 is 0.960 bits per heavy atom. The highest BCUT2D eigenvalue weighted by atomic mass is 16.7. The summed E-state index contributed by atoms with van der Waals surface area (Å²) in [6.45, 7) is 16.6. The molecule has 0 spiro atoms. The van der Waals surface area contributed by atoms with E-state index >= 15 is 0 Å². The minimum absolute atomic E-state index is 0. The number of aliphatic carboxylic acids is 3. The van der Waals surface area contributed by atoms with Crippen LogP contribution in [0.15, 0.2) is 51.1 Å². The van der Waals surface area contributed by atoms with Crippen LogP contribution in [0.25, 0.3) is 0 Å². The molecular weight excluding hydrogens is 340 g/mol. The Hall–Kier alpha value is -2.79. The fourth-order valence-electron chi connectivity index (χ4n) is 0.335. The second-order valence-corrected chi connectivity index (χ2v) is 3.15. The van der Waals surface area contributed by atoms with Crippen molar-refractivity contribution in [2.24, 2.45) is 0 Å². The zero-order valence-corrected chi connectivity index (χ0v) is 14.1. The quantitative estimate of drug-likeness (QED) is 0.222. The first-order chi connectivity index (χ1) is 10.9. The fraction of sp³-hybridized carbons (Fsp3) is 0.267. The van der Waals surface area contributed by atoms with Crippen molar-refractivity contribution in [1.82, 2.24) is 0 Å². The maximum Gasteiger partial charge on any atom is 0.327 e. The van der Waals surface area contributed by atoms with Crippen LogP contribution in [0.3, 0.4) is 0 Å². The Kier molecular flexibility index (Phi) is 44.5. The maximum absolute atomic E-state index is 9.25. The maximum atomic E-state index is 9.25. The Morgan fingerprint density at radius 1 is 0.800 bits per heavy atom. The normalized spacial score (nSPS) is 7.36. The molecule has 0 rings (SSSR count). The van der Waals surface area contributed by atoms with E-state index in [0.29, 0.717) is 6.42 Å². The van der Waals surface area contributed by atoms with Crippen molar-refractivity contribution in [3.63, 3.8) is 0 Å². The van der Waals surface area contributed by atoms with Crippen molar-refractivity contribution in [2.45, 2.75) is 25.7 Å². The Labute approximate surface area is 146 Å². The van der Waals surface area contributed by atoms with Gasteiger partial charge in [-0.2, -0.15) is 0 Å². The highest BCUT2D eigenvalue weighted by molar-refractivity contribution is 5.79. The standard InChI is InChI=1S/C4H10O3.3C3H4O2.C2H4.H2O/c1-2-3-4(5,6)7;3*1-2-3(4)5;1-2;/h5-7H,2-3H2,1H3;3*2H,1H2,(H,4,5);1-2H2;1H2. The number of carbonyl (C=O) groups is 3. The SMILES string of the molecule is C=C.C=CC(=O)O.C=CC(=O)O.C=CC(=O)O.CCCC(O)(O)O.O. The molecule has 10 heteroatoms. The molecule has 0 bridgehead atoms. The van der Waals surface area contributed by atoms with Crippen LogP contribution >= 0.6 is 0 Å². The molecule has 148 valence electrons. The van der Waals surface area contributed by atoms with Gasteiger partial charge in [-0.15, -0.1) is 13.2 Å². The number of carboxylic acid groups (broad SMARTS) is 3. The number of aliphatic hydroxyl groups is 3. The van der Waals surface area contributed by atoms with Gasteiger partial charge >= 0.3 is 17.9 Å². The van der Waals surface area contributed by atoms with Crippen LogP contribution in [-0.2, 0) is 14.4 Å². The molecule has 0 unspecified atom stereocenters. The van der Waals surface area contributed by atoms with Crippen LogP contribution in [0, 0.1) is 0 Å². The highest BCUT2D eigenvalue weighted by Crippen LogP contribution is 2.01. The van der Waals surface area contributed by atoms with Gasteiger partial charge in [0.25, 0.3) is 5.97 Å². The molecule has 0 aromatic rings. The van der Waals surface area contributed by atoms with Gasteiger partial charge in [0.05, 0.1) is 0 Å². The van der Waals surface area contributed by atoms with E-state index in [0.717, 1.165) is 18.2 Å². The lowest BCUT2D eigenvalue weighted by Crippen LogP contribution is -2.26. The summed E-state index contributed by atoms with van der Waals surface area (Å²) in [5.74, 6) is -5.39. The molecule has 10 nitrogen and oxygen atoms in total. The van der Waals surface area contributed by atoms with Gasteiger partial charge in [0.1, 0.15) is 0 Å². The van der Waals surface area contributed by atoms with Crippen LogP contribution in [0.4, 0.5) is 0 Å². The molecule has 0 heterocycles. The summed E-state index contributed by atoms with van der Waals surface area (Å²) >= 11 is 0. The first-order valence-corrected chi connectivity index (χ1v) is 6.11. The topological polar surface area (TPSA) is 204 Å². The van der Waals surface area contributed by atoms with Crippen LogP contribution in [0.2, 0.25) is 0 Å². The van der Waals surface area contributed by atoms with Crippen LogP contribution in [-0.4, -0.2) is 60.0 Å². The van der Waals surface area contributed by atoms with Gasteiger partial charge in [-0.1, -0.05) is 26.7 Å². The van der Waals surface area contributed by atoms with E-state index in [1.54, 1.807) is 6.92 Å². The molecule has 0 radical (unpaired) electrons. The van der Waals surface area contributed by atoms with Crippen molar-refractivity contribution < 1.29 is 50.5 Å². The van der Waals surface area contributed by atoms with Crippen molar-refractivity contribution in [3.8, 4) is 0 Å². The Bertz CT molecular complexity index is 326.